The van der Waals surface area contributed by atoms with Crippen LogP contribution in [0.2, 0.25) is 0 Å². The van der Waals surface area contributed by atoms with E-state index in [4.69, 9.17) is 9.47 Å². The van der Waals surface area contributed by atoms with Crippen LogP contribution in [0.15, 0.2) is 48.5 Å². The molecule has 4 heteroatoms. The number of unbranched alkanes of at least 4 members (excludes halogenated alkanes) is 14. The lowest BCUT2D eigenvalue weighted by Gasteiger charge is -2.06. The molecule has 220 valence electrons. The molecule has 0 bridgehead atoms. The van der Waals surface area contributed by atoms with E-state index in [0.717, 1.165) is 36.8 Å². The van der Waals surface area contributed by atoms with E-state index in [1.807, 2.05) is 36.4 Å². The van der Waals surface area contributed by atoms with Crippen LogP contribution in [0.1, 0.15) is 148 Å². The lowest BCUT2D eigenvalue weighted by atomic mass is 10.1. The van der Waals surface area contributed by atoms with Crippen LogP contribution in [0.3, 0.4) is 0 Å². The van der Waals surface area contributed by atoms with Gasteiger partial charge in [-0.3, -0.25) is 0 Å². The Hall–Kier alpha value is -2.88. The molecule has 0 spiro atoms. The van der Waals surface area contributed by atoms with Gasteiger partial charge in [-0.2, -0.15) is 0 Å². The number of esters is 2. The largest absolute Gasteiger partial charge is 0.462 e. The van der Waals surface area contributed by atoms with Crippen molar-refractivity contribution in [1.82, 2.24) is 0 Å². The van der Waals surface area contributed by atoms with Gasteiger partial charge in [0, 0.05) is 0 Å². The Morgan fingerprint density at radius 1 is 0.475 bits per heavy atom. The summed E-state index contributed by atoms with van der Waals surface area (Å²) in [5.41, 5.74) is 3.14. The average molecular weight is 549 g/mol. The van der Waals surface area contributed by atoms with Gasteiger partial charge in [-0.25, -0.2) is 9.59 Å². The van der Waals surface area contributed by atoms with E-state index >= 15 is 0 Å². The minimum absolute atomic E-state index is 0.261. The van der Waals surface area contributed by atoms with Crippen LogP contribution >= 0.6 is 0 Å². The number of hydrogen-bond donors (Lipinski definition) is 0. The fraction of sp³-hybridized carbons (Fsp3) is 0.556. The minimum atomic E-state index is -0.261. The van der Waals surface area contributed by atoms with Crippen molar-refractivity contribution in [3.05, 3.63) is 70.8 Å². The molecular weight excluding hydrogens is 496 g/mol. The zero-order chi connectivity index (χ0) is 28.7. The second-order valence-electron chi connectivity index (χ2n) is 10.8. The molecule has 0 saturated heterocycles. The van der Waals surface area contributed by atoms with Crippen LogP contribution in [-0.2, 0) is 9.47 Å². The Labute approximate surface area is 243 Å². The number of carbonyl (C=O) groups is 2. The van der Waals surface area contributed by atoms with Crippen LogP contribution in [-0.4, -0.2) is 25.2 Å². The van der Waals surface area contributed by atoms with Crippen molar-refractivity contribution in [2.45, 2.75) is 117 Å². The molecule has 0 saturated carbocycles. The Bertz CT molecular complexity index is 880. The monoisotopic (exact) mass is 548 g/mol. The van der Waals surface area contributed by atoms with Crippen molar-refractivity contribution in [3.8, 4) is 0 Å². The molecule has 40 heavy (non-hydrogen) atoms. The summed E-state index contributed by atoms with van der Waals surface area (Å²) in [7, 11) is 0. The standard InChI is InChI=1S/C36H52O4/c1-3-5-7-9-11-13-15-17-29-39-35(37)33-25-21-31(22-26-33)19-20-32-23-27-34(28-24-32)36(38)40-30-18-16-14-12-10-8-6-4-2/h19-28H,3-18,29-30H2,1-2H3/b20-19+. The van der Waals surface area contributed by atoms with Gasteiger partial charge < -0.3 is 9.47 Å². The number of rotatable bonds is 22. The Kier molecular flexibility index (Phi) is 18.2. The second kappa shape index (κ2) is 21.9. The molecule has 2 aromatic rings. The van der Waals surface area contributed by atoms with Crippen molar-refractivity contribution in [2.24, 2.45) is 0 Å². The number of hydrogen-bond acceptors (Lipinski definition) is 4. The molecule has 4 nitrogen and oxygen atoms in total. The second-order valence-corrected chi connectivity index (χ2v) is 10.8. The summed E-state index contributed by atoms with van der Waals surface area (Å²) >= 11 is 0. The SMILES string of the molecule is CCCCCCCCCCOC(=O)c1ccc(/C=C/c2ccc(C(=O)OCCCCCCCCCC)cc2)cc1. The van der Waals surface area contributed by atoms with Gasteiger partial charge in [0.15, 0.2) is 0 Å². The lowest BCUT2D eigenvalue weighted by Crippen LogP contribution is -2.06. The van der Waals surface area contributed by atoms with Gasteiger partial charge in [0.05, 0.1) is 24.3 Å². The first-order chi connectivity index (χ1) is 19.6. The molecule has 0 aliphatic rings. The quantitative estimate of drug-likeness (QED) is 0.0834. The fourth-order valence-electron chi connectivity index (χ4n) is 4.62. The third kappa shape index (κ3) is 15.1. The summed E-state index contributed by atoms with van der Waals surface area (Å²) in [4.78, 5) is 24.6. The van der Waals surface area contributed by atoms with Crippen molar-refractivity contribution in [1.29, 1.82) is 0 Å². The molecule has 0 radical (unpaired) electrons. The average Bonchev–Trinajstić information content (AvgIpc) is 2.98. The molecule has 2 aromatic carbocycles. The van der Waals surface area contributed by atoms with Crippen LogP contribution in [0.4, 0.5) is 0 Å². The van der Waals surface area contributed by atoms with E-state index in [1.54, 1.807) is 24.3 Å². The topological polar surface area (TPSA) is 52.6 Å². The van der Waals surface area contributed by atoms with Crippen LogP contribution < -0.4 is 0 Å². The summed E-state index contributed by atoms with van der Waals surface area (Å²) < 4.78 is 10.9. The fourth-order valence-corrected chi connectivity index (χ4v) is 4.62. The number of ether oxygens (including phenoxy) is 2. The highest BCUT2D eigenvalue weighted by Crippen LogP contribution is 2.14. The van der Waals surface area contributed by atoms with E-state index < -0.39 is 0 Å². The minimum Gasteiger partial charge on any atom is -0.462 e. The third-order valence-corrected chi connectivity index (χ3v) is 7.22. The molecule has 0 heterocycles. The van der Waals surface area contributed by atoms with Crippen molar-refractivity contribution in [2.75, 3.05) is 13.2 Å². The summed E-state index contributed by atoms with van der Waals surface area (Å²) in [5.74, 6) is -0.522. The van der Waals surface area contributed by atoms with E-state index in [9.17, 15) is 9.59 Å². The molecule has 0 aromatic heterocycles. The Morgan fingerprint density at radius 2 is 0.775 bits per heavy atom. The summed E-state index contributed by atoms with van der Waals surface area (Å²) in [6, 6.07) is 14.9. The van der Waals surface area contributed by atoms with E-state index in [0.29, 0.717) is 24.3 Å². The van der Waals surface area contributed by atoms with Crippen LogP contribution in [0, 0.1) is 0 Å². The van der Waals surface area contributed by atoms with Gasteiger partial charge in [0.2, 0.25) is 0 Å². The highest BCUT2D eigenvalue weighted by atomic mass is 16.5. The summed E-state index contributed by atoms with van der Waals surface area (Å²) in [6.45, 7) is 5.44. The first-order valence-electron chi connectivity index (χ1n) is 15.9. The summed E-state index contributed by atoms with van der Waals surface area (Å²) in [6.07, 6.45) is 23.6. The third-order valence-electron chi connectivity index (χ3n) is 7.22. The van der Waals surface area contributed by atoms with E-state index in [-0.39, 0.29) is 11.9 Å². The predicted molar refractivity (Wildman–Crippen MR) is 168 cm³/mol. The Balaban J connectivity index is 1.63. The van der Waals surface area contributed by atoms with Gasteiger partial charge in [0.25, 0.3) is 0 Å². The van der Waals surface area contributed by atoms with Crippen molar-refractivity contribution in [3.63, 3.8) is 0 Å². The van der Waals surface area contributed by atoms with E-state index in [1.165, 1.54) is 77.0 Å². The highest BCUT2D eigenvalue weighted by molar-refractivity contribution is 5.90. The first-order valence-corrected chi connectivity index (χ1v) is 15.9. The molecule has 0 aliphatic carbocycles. The van der Waals surface area contributed by atoms with Crippen molar-refractivity contribution < 1.29 is 19.1 Å². The van der Waals surface area contributed by atoms with E-state index in [2.05, 4.69) is 13.8 Å². The van der Waals surface area contributed by atoms with Crippen LogP contribution in [0.25, 0.3) is 12.2 Å². The summed E-state index contributed by atoms with van der Waals surface area (Å²) in [5, 5.41) is 0. The molecular formula is C36H52O4. The van der Waals surface area contributed by atoms with Crippen molar-refractivity contribution >= 4 is 24.1 Å². The Morgan fingerprint density at radius 3 is 1.10 bits per heavy atom. The van der Waals surface area contributed by atoms with Crippen LogP contribution in [0.5, 0.6) is 0 Å². The molecule has 0 amide bonds. The van der Waals surface area contributed by atoms with Gasteiger partial charge in [-0.1, -0.05) is 140 Å². The molecule has 0 unspecified atom stereocenters. The smallest absolute Gasteiger partial charge is 0.338 e. The van der Waals surface area contributed by atoms with Gasteiger partial charge >= 0.3 is 11.9 Å². The zero-order valence-corrected chi connectivity index (χ0v) is 25.1. The predicted octanol–water partition coefficient (Wildman–Crippen LogP) is 10.5. The van der Waals surface area contributed by atoms with Gasteiger partial charge in [-0.05, 0) is 48.2 Å². The maximum Gasteiger partial charge on any atom is 0.338 e. The normalized spacial score (nSPS) is 11.2. The number of benzene rings is 2. The maximum absolute atomic E-state index is 12.3. The van der Waals surface area contributed by atoms with Gasteiger partial charge in [-0.15, -0.1) is 0 Å². The molecule has 0 atom stereocenters. The molecule has 0 N–H and O–H groups in total. The maximum atomic E-state index is 12.3. The highest BCUT2D eigenvalue weighted by Gasteiger charge is 2.07. The molecule has 0 fully saturated rings. The number of carbonyl (C=O) groups excluding carboxylic acids is 2. The molecule has 2 rings (SSSR count). The van der Waals surface area contributed by atoms with Gasteiger partial charge in [0.1, 0.15) is 0 Å². The lowest BCUT2D eigenvalue weighted by molar-refractivity contribution is 0.0488. The zero-order valence-electron chi connectivity index (χ0n) is 25.1. The molecule has 0 aliphatic heterocycles. The first kappa shape index (κ1) is 33.3.